The zero-order valence-electron chi connectivity index (χ0n) is 12.3. The van der Waals surface area contributed by atoms with E-state index in [9.17, 15) is 4.79 Å². The number of imidazole rings is 1. The molecule has 1 saturated heterocycles. The van der Waals surface area contributed by atoms with E-state index in [4.69, 9.17) is 10.5 Å². The van der Waals surface area contributed by atoms with Gasteiger partial charge in [-0.3, -0.25) is 0 Å². The molecule has 1 fully saturated rings. The van der Waals surface area contributed by atoms with E-state index in [2.05, 4.69) is 46.7 Å². The summed E-state index contributed by atoms with van der Waals surface area (Å²) in [5.74, 6) is 0.641. The maximum absolute atomic E-state index is 11.4. The van der Waals surface area contributed by atoms with E-state index >= 15 is 0 Å². The zero-order chi connectivity index (χ0) is 15.3. The largest absolute Gasteiger partial charge is 0.375 e. The molecule has 1 aliphatic rings. The van der Waals surface area contributed by atoms with Gasteiger partial charge in [-0.15, -0.1) is 0 Å². The number of nitrogens with one attached hydrogen (secondary N) is 2. The van der Waals surface area contributed by atoms with Crippen molar-refractivity contribution in [3.63, 3.8) is 0 Å². The molecular formula is C15H20BrN3O2. The average molecular weight is 354 g/mol. The van der Waals surface area contributed by atoms with Gasteiger partial charge in [0.1, 0.15) is 0 Å². The third kappa shape index (κ3) is 2.45. The molecular weight excluding hydrogens is 334 g/mol. The molecule has 5 unspecified atom stereocenters. The highest BCUT2D eigenvalue weighted by atomic mass is 79.9. The first-order chi connectivity index (χ1) is 9.88. The fourth-order valence-corrected chi connectivity index (χ4v) is 4.06. The highest BCUT2D eigenvalue weighted by Gasteiger charge is 2.41. The molecule has 0 saturated carbocycles. The standard InChI is InChI=1S/C15H20BrN3O2/c1-6-7(2)21-8(3)13(6)14(17)9-4-11-12(5-10(9)16)19-15(20)18-11/h4-8,13-14H,17H2,1-3H3,(H2,18,19,20). The van der Waals surface area contributed by atoms with Gasteiger partial charge in [0.15, 0.2) is 0 Å². The van der Waals surface area contributed by atoms with Gasteiger partial charge in [0.05, 0.1) is 23.2 Å². The number of aromatic amines is 2. The molecule has 5 nitrogen and oxygen atoms in total. The number of aromatic nitrogens is 2. The van der Waals surface area contributed by atoms with Gasteiger partial charge in [0, 0.05) is 16.4 Å². The fraction of sp³-hybridized carbons (Fsp3) is 0.533. The van der Waals surface area contributed by atoms with Crippen molar-refractivity contribution in [1.29, 1.82) is 0 Å². The molecule has 114 valence electrons. The predicted molar refractivity (Wildman–Crippen MR) is 86.2 cm³/mol. The van der Waals surface area contributed by atoms with Gasteiger partial charge in [-0.1, -0.05) is 22.9 Å². The van der Waals surface area contributed by atoms with Gasteiger partial charge in [0.2, 0.25) is 0 Å². The van der Waals surface area contributed by atoms with Gasteiger partial charge >= 0.3 is 5.69 Å². The Morgan fingerprint density at radius 3 is 2.38 bits per heavy atom. The van der Waals surface area contributed by atoms with Crippen molar-refractivity contribution >= 4 is 27.0 Å². The normalized spacial score (nSPS) is 30.9. The Labute approximate surface area is 131 Å². The van der Waals surface area contributed by atoms with Crippen molar-refractivity contribution < 1.29 is 4.74 Å². The van der Waals surface area contributed by atoms with Crippen LogP contribution in [-0.2, 0) is 4.74 Å². The van der Waals surface area contributed by atoms with E-state index < -0.39 is 0 Å². The molecule has 1 aromatic carbocycles. The lowest BCUT2D eigenvalue weighted by atomic mass is 9.81. The van der Waals surface area contributed by atoms with Crippen molar-refractivity contribution in [2.75, 3.05) is 0 Å². The molecule has 1 aromatic heterocycles. The van der Waals surface area contributed by atoms with E-state index in [0.717, 1.165) is 21.1 Å². The van der Waals surface area contributed by atoms with Gasteiger partial charge in [0.25, 0.3) is 0 Å². The van der Waals surface area contributed by atoms with E-state index in [1.807, 2.05) is 12.1 Å². The molecule has 0 bridgehead atoms. The van der Waals surface area contributed by atoms with Gasteiger partial charge in [-0.05, 0) is 37.5 Å². The SMILES string of the molecule is CC1OC(C)C(C(N)c2cc3[nH]c(=O)[nH]c3cc2Br)C1C. The lowest BCUT2D eigenvalue weighted by Crippen LogP contribution is -2.31. The third-order valence-corrected chi connectivity index (χ3v) is 5.41. The molecule has 21 heavy (non-hydrogen) atoms. The molecule has 3 rings (SSSR count). The lowest BCUT2D eigenvalue weighted by Gasteiger charge is -2.26. The average Bonchev–Trinajstić information content (AvgIpc) is 2.87. The molecule has 4 N–H and O–H groups in total. The number of H-pyrrole nitrogens is 2. The number of ether oxygens (including phenoxy) is 1. The summed E-state index contributed by atoms with van der Waals surface area (Å²) in [6.45, 7) is 6.36. The summed E-state index contributed by atoms with van der Waals surface area (Å²) >= 11 is 3.57. The highest BCUT2D eigenvalue weighted by Crippen LogP contribution is 2.41. The second-order valence-corrected chi connectivity index (χ2v) is 6.86. The molecule has 0 spiro atoms. The molecule has 1 aliphatic heterocycles. The Hall–Kier alpha value is -1.11. The maximum atomic E-state index is 11.4. The topological polar surface area (TPSA) is 83.9 Å². The number of halogens is 1. The molecule has 2 heterocycles. The summed E-state index contributed by atoms with van der Waals surface area (Å²) in [5, 5.41) is 0. The Balaban J connectivity index is 2.03. The first-order valence-corrected chi connectivity index (χ1v) is 8.00. The van der Waals surface area contributed by atoms with Crippen molar-refractivity contribution in [2.24, 2.45) is 17.6 Å². The number of benzene rings is 1. The molecule has 0 amide bonds. The molecule has 0 radical (unpaired) electrons. The zero-order valence-corrected chi connectivity index (χ0v) is 13.9. The van der Waals surface area contributed by atoms with Crippen LogP contribution in [0.4, 0.5) is 0 Å². The van der Waals surface area contributed by atoms with E-state index in [0.29, 0.717) is 5.92 Å². The van der Waals surface area contributed by atoms with Crippen LogP contribution < -0.4 is 11.4 Å². The van der Waals surface area contributed by atoms with Crippen LogP contribution in [0.5, 0.6) is 0 Å². The fourth-order valence-electron chi connectivity index (χ4n) is 3.45. The van der Waals surface area contributed by atoms with Crippen LogP contribution >= 0.6 is 15.9 Å². The van der Waals surface area contributed by atoms with Crippen LogP contribution in [0.2, 0.25) is 0 Å². The number of fused-ring (bicyclic) bond motifs is 1. The summed E-state index contributed by atoms with van der Waals surface area (Å²) in [4.78, 5) is 16.9. The van der Waals surface area contributed by atoms with Crippen LogP contribution in [0, 0.1) is 11.8 Å². The smallest absolute Gasteiger partial charge is 0.323 e. The van der Waals surface area contributed by atoms with Crippen LogP contribution in [0.3, 0.4) is 0 Å². The number of rotatable bonds is 2. The predicted octanol–water partition coefficient (Wildman–Crippen LogP) is 2.68. The number of hydrogen-bond acceptors (Lipinski definition) is 3. The maximum Gasteiger partial charge on any atom is 0.323 e. The molecule has 5 atom stereocenters. The Bertz CT molecular complexity index is 723. The first kappa shape index (κ1) is 14.8. The number of hydrogen-bond donors (Lipinski definition) is 3. The van der Waals surface area contributed by atoms with E-state index in [1.54, 1.807) is 0 Å². The quantitative estimate of drug-likeness (QED) is 0.775. The Kier molecular flexibility index (Phi) is 3.71. The highest BCUT2D eigenvalue weighted by molar-refractivity contribution is 9.10. The summed E-state index contributed by atoms with van der Waals surface area (Å²) in [5.41, 5.74) is 8.88. The van der Waals surface area contributed by atoms with E-state index in [1.165, 1.54) is 0 Å². The second kappa shape index (κ2) is 5.26. The second-order valence-electron chi connectivity index (χ2n) is 6.01. The first-order valence-electron chi connectivity index (χ1n) is 7.21. The lowest BCUT2D eigenvalue weighted by molar-refractivity contribution is 0.0489. The van der Waals surface area contributed by atoms with Crippen molar-refractivity contribution in [2.45, 2.75) is 39.0 Å². The van der Waals surface area contributed by atoms with Gasteiger partial charge < -0.3 is 20.4 Å². The van der Waals surface area contributed by atoms with Crippen LogP contribution in [0.15, 0.2) is 21.4 Å². The molecule has 0 aliphatic carbocycles. The monoisotopic (exact) mass is 353 g/mol. The minimum Gasteiger partial charge on any atom is -0.375 e. The Morgan fingerprint density at radius 2 is 1.81 bits per heavy atom. The third-order valence-electron chi connectivity index (χ3n) is 4.73. The number of nitrogens with two attached hydrogens (primary N) is 1. The summed E-state index contributed by atoms with van der Waals surface area (Å²) in [6.07, 6.45) is 0.337. The molecule has 6 heteroatoms. The summed E-state index contributed by atoms with van der Waals surface area (Å²) in [7, 11) is 0. The van der Waals surface area contributed by atoms with Crippen molar-refractivity contribution in [3.8, 4) is 0 Å². The van der Waals surface area contributed by atoms with Crippen molar-refractivity contribution in [3.05, 3.63) is 32.7 Å². The van der Waals surface area contributed by atoms with Gasteiger partial charge in [-0.25, -0.2) is 4.79 Å². The van der Waals surface area contributed by atoms with Crippen LogP contribution in [0.1, 0.15) is 32.4 Å². The Morgan fingerprint density at radius 1 is 1.19 bits per heavy atom. The minimum absolute atomic E-state index is 0.123. The van der Waals surface area contributed by atoms with Crippen LogP contribution in [0.25, 0.3) is 11.0 Å². The minimum atomic E-state index is -0.206. The van der Waals surface area contributed by atoms with E-state index in [-0.39, 0.29) is 29.9 Å². The summed E-state index contributed by atoms with van der Waals surface area (Å²) in [6, 6.07) is 3.71. The van der Waals surface area contributed by atoms with Gasteiger partial charge in [-0.2, -0.15) is 0 Å². The van der Waals surface area contributed by atoms with Crippen molar-refractivity contribution in [1.82, 2.24) is 9.97 Å². The van der Waals surface area contributed by atoms with Crippen LogP contribution in [-0.4, -0.2) is 22.2 Å². The molecule has 2 aromatic rings. The summed E-state index contributed by atoms with van der Waals surface area (Å²) < 4.78 is 6.81.